The monoisotopic (exact) mass is 342 g/mol. The highest BCUT2D eigenvalue weighted by Gasteiger charge is 2.63. The van der Waals surface area contributed by atoms with E-state index in [4.69, 9.17) is 27.5 Å². The molecule has 0 N–H and O–H groups in total. The molecular formula is C15H16BrClO2. The molecule has 0 aromatic heterocycles. The molecule has 2 nitrogen and oxygen atoms in total. The van der Waals surface area contributed by atoms with Gasteiger partial charge in [0.25, 0.3) is 0 Å². The zero-order valence-corrected chi connectivity index (χ0v) is 13.0. The van der Waals surface area contributed by atoms with Gasteiger partial charge in [0, 0.05) is 16.8 Å². The Balaban J connectivity index is 1.91. The van der Waals surface area contributed by atoms with Crippen molar-refractivity contribution in [3.63, 3.8) is 0 Å². The summed E-state index contributed by atoms with van der Waals surface area (Å²) in [5.41, 5.74) is 0. The summed E-state index contributed by atoms with van der Waals surface area (Å²) in [6.45, 7) is 2.11. The maximum atomic E-state index is 6.51. The molecule has 0 aromatic carbocycles. The van der Waals surface area contributed by atoms with Crippen LogP contribution in [0.1, 0.15) is 19.8 Å². The smallest absolute Gasteiger partial charge is 0.128 e. The van der Waals surface area contributed by atoms with Crippen molar-refractivity contribution in [1.29, 1.82) is 0 Å². The van der Waals surface area contributed by atoms with Gasteiger partial charge in [-0.2, -0.15) is 0 Å². The van der Waals surface area contributed by atoms with Gasteiger partial charge in [-0.3, -0.25) is 0 Å². The fourth-order valence-electron chi connectivity index (χ4n) is 3.50. The molecule has 2 bridgehead atoms. The lowest BCUT2D eigenvalue weighted by atomic mass is 9.77. The molecule has 6 atom stereocenters. The van der Waals surface area contributed by atoms with E-state index < -0.39 is 0 Å². The molecule has 3 fully saturated rings. The van der Waals surface area contributed by atoms with Crippen molar-refractivity contribution in [3.05, 3.63) is 22.4 Å². The Bertz CT molecular complexity index is 477. The van der Waals surface area contributed by atoms with Crippen LogP contribution in [0.3, 0.4) is 0 Å². The highest BCUT2D eigenvalue weighted by Crippen LogP contribution is 2.56. The second kappa shape index (κ2) is 5.16. The SMILES string of the molecule is C#C/C=C/[C@H](Cl)[C@@H]1[C@H]2/C(=C(/Br)CC)O[C@H]3C[C@@H]1O[C@@H]23. The number of rotatable bonds is 3. The van der Waals surface area contributed by atoms with Crippen LogP contribution < -0.4 is 0 Å². The van der Waals surface area contributed by atoms with Crippen molar-refractivity contribution >= 4 is 27.5 Å². The first-order valence-corrected chi connectivity index (χ1v) is 7.87. The summed E-state index contributed by atoms with van der Waals surface area (Å²) < 4.78 is 13.2. The van der Waals surface area contributed by atoms with E-state index in [1.807, 2.05) is 6.08 Å². The molecule has 4 heteroatoms. The fourth-order valence-corrected chi connectivity index (χ4v) is 4.25. The first-order chi connectivity index (χ1) is 9.17. The Kier molecular flexibility index (Phi) is 3.68. The summed E-state index contributed by atoms with van der Waals surface area (Å²) in [4.78, 5) is 0. The van der Waals surface area contributed by atoms with E-state index in [9.17, 15) is 0 Å². The minimum Gasteiger partial charge on any atom is -0.491 e. The van der Waals surface area contributed by atoms with Crippen LogP contribution in [0.15, 0.2) is 22.4 Å². The number of hydrogen-bond donors (Lipinski definition) is 0. The van der Waals surface area contributed by atoms with Crippen molar-refractivity contribution in [3.8, 4) is 12.3 Å². The molecule has 3 heterocycles. The zero-order valence-electron chi connectivity index (χ0n) is 10.7. The van der Waals surface area contributed by atoms with Gasteiger partial charge < -0.3 is 9.47 Å². The Morgan fingerprint density at radius 3 is 3.11 bits per heavy atom. The standard InChI is InChI=1S/C15H16BrClO2/c1-3-5-6-9(17)12-10-7-11-15(18-10)13(12)14(19-11)8(16)4-2/h1,5-6,9-13,15H,4,7H2,2H3/b6-5+,14-8-/t9-,10-,11-,12-,13-,15+/m0/s1. The Hall–Kier alpha value is -0.430. The predicted octanol–water partition coefficient (Wildman–Crippen LogP) is 3.60. The van der Waals surface area contributed by atoms with Crippen LogP contribution in [-0.4, -0.2) is 23.7 Å². The molecule has 0 aliphatic carbocycles. The van der Waals surface area contributed by atoms with Gasteiger partial charge in [-0.15, -0.1) is 18.0 Å². The number of allylic oxidation sites excluding steroid dienone is 3. The van der Waals surface area contributed by atoms with Crippen molar-refractivity contribution in [2.45, 2.75) is 43.5 Å². The number of terminal acetylenes is 1. The van der Waals surface area contributed by atoms with Gasteiger partial charge in [0.1, 0.15) is 18.0 Å². The van der Waals surface area contributed by atoms with Gasteiger partial charge in [-0.25, -0.2) is 0 Å². The van der Waals surface area contributed by atoms with E-state index in [1.165, 1.54) is 0 Å². The summed E-state index contributed by atoms with van der Waals surface area (Å²) in [6.07, 6.45) is 11.3. The third-order valence-electron chi connectivity index (χ3n) is 4.26. The molecule has 3 aliphatic rings. The zero-order chi connectivity index (χ0) is 13.6. The third-order valence-corrected chi connectivity index (χ3v) is 5.65. The molecule has 0 saturated carbocycles. The average molecular weight is 344 g/mol. The topological polar surface area (TPSA) is 18.5 Å². The van der Waals surface area contributed by atoms with E-state index in [0.717, 1.165) is 23.1 Å². The Labute approximate surface area is 127 Å². The number of fused-ring (bicyclic) bond motifs is 1. The van der Waals surface area contributed by atoms with Crippen LogP contribution in [0.4, 0.5) is 0 Å². The minimum atomic E-state index is -0.106. The van der Waals surface area contributed by atoms with Crippen molar-refractivity contribution in [1.82, 2.24) is 0 Å². The summed E-state index contributed by atoms with van der Waals surface area (Å²) in [6, 6.07) is 0. The molecular weight excluding hydrogens is 328 g/mol. The molecule has 0 radical (unpaired) electrons. The van der Waals surface area contributed by atoms with Gasteiger partial charge in [-0.05, 0) is 12.5 Å². The lowest BCUT2D eigenvalue weighted by Crippen LogP contribution is -2.34. The van der Waals surface area contributed by atoms with Crippen LogP contribution in [0.25, 0.3) is 0 Å². The van der Waals surface area contributed by atoms with Crippen molar-refractivity contribution in [2.24, 2.45) is 11.8 Å². The number of hydrogen-bond acceptors (Lipinski definition) is 2. The molecule has 19 heavy (non-hydrogen) atoms. The first kappa shape index (κ1) is 13.5. The van der Waals surface area contributed by atoms with Gasteiger partial charge in [0.15, 0.2) is 0 Å². The van der Waals surface area contributed by atoms with Gasteiger partial charge in [-0.1, -0.05) is 34.9 Å². The molecule has 3 aliphatic heterocycles. The van der Waals surface area contributed by atoms with Crippen LogP contribution in [0.2, 0.25) is 0 Å². The normalized spacial score (nSPS) is 43.4. The van der Waals surface area contributed by atoms with Crippen molar-refractivity contribution < 1.29 is 9.47 Å². The minimum absolute atomic E-state index is 0.106. The lowest BCUT2D eigenvalue weighted by molar-refractivity contribution is 0.0690. The molecule has 0 aromatic rings. The quantitative estimate of drug-likeness (QED) is 0.576. The maximum absolute atomic E-state index is 6.51. The third kappa shape index (κ3) is 2.05. The Morgan fingerprint density at radius 1 is 1.63 bits per heavy atom. The number of alkyl halides is 1. The lowest BCUT2D eigenvalue weighted by Gasteiger charge is -2.25. The first-order valence-electron chi connectivity index (χ1n) is 6.64. The average Bonchev–Trinajstić information content (AvgIpc) is 3.02. The summed E-state index contributed by atoms with van der Waals surface area (Å²) in [7, 11) is 0. The molecule has 0 spiro atoms. The van der Waals surface area contributed by atoms with E-state index in [1.54, 1.807) is 6.08 Å². The van der Waals surface area contributed by atoms with Crippen molar-refractivity contribution in [2.75, 3.05) is 0 Å². The number of ether oxygens (including phenoxy) is 2. The van der Waals surface area contributed by atoms with Gasteiger partial charge in [0.05, 0.1) is 17.4 Å². The fraction of sp³-hybridized carbons (Fsp3) is 0.600. The number of halogens is 2. The molecule has 102 valence electrons. The van der Waals surface area contributed by atoms with Gasteiger partial charge >= 0.3 is 0 Å². The highest BCUT2D eigenvalue weighted by atomic mass is 79.9. The maximum Gasteiger partial charge on any atom is 0.128 e. The van der Waals surface area contributed by atoms with E-state index in [2.05, 4.69) is 28.8 Å². The van der Waals surface area contributed by atoms with Gasteiger partial charge in [0.2, 0.25) is 0 Å². The second-order valence-corrected chi connectivity index (χ2v) is 6.69. The second-order valence-electron chi connectivity index (χ2n) is 5.23. The van der Waals surface area contributed by atoms with Crippen LogP contribution in [0.5, 0.6) is 0 Å². The van der Waals surface area contributed by atoms with Crippen LogP contribution in [0, 0.1) is 24.2 Å². The summed E-state index contributed by atoms with van der Waals surface area (Å²) >= 11 is 10.1. The van der Waals surface area contributed by atoms with E-state index in [0.29, 0.717) is 0 Å². The largest absolute Gasteiger partial charge is 0.491 e. The van der Waals surface area contributed by atoms with Crippen LogP contribution >= 0.6 is 27.5 Å². The summed E-state index contributed by atoms with van der Waals surface area (Å²) in [5.74, 6) is 4.06. The molecule has 3 rings (SSSR count). The molecule has 3 saturated heterocycles. The Morgan fingerprint density at radius 2 is 2.42 bits per heavy atom. The highest BCUT2D eigenvalue weighted by molar-refractivity contribution is 9.11. The summed E-state index contributed by atoms with van der Waals surface area (Å²) in [5, 5.41) is -0.106. The molecule has 0 unspecified atom stereocenters. The molecule has 0 amide bonds. The van der Waals surface area contributed by atoms with E-state index in [-0.39, 0.29) is 35.5 Å². The predicted molar refractivity (Wildman–Crippen MR) is 79.0 cm³/mol. The van der Waals surface area contributed by atoms with E-state index >= 15 is 0 Å². The van der Waals surface area contributed by atoms with Crippen LogP contribution in [-0.2, 0) is 9.47 Å².